The zero-order valence-electron chi connectivity index (χ0n) is 22.0. The number of aromatic nitrogens is 3. The number of fused-ring (bicyclic) bond motifs is 4. The van der Waals surface area contributed by atoms with Crippen molar-refractivity contribution < 1.29 is 13.9 Å². The van der Waals surface area contributed by atoms with Crippen molar-refractivity contribution in [3.8, 4) is 11.3 Å². The molecule has 4 aromatic heterocycles. The van der Waals surface area contributed by atoms with Crippen molar-refractivity contribution in [2.45, 2.75) is 31.8 Å². The summed E-state index contributed by atoms with van der Waals surface area (Å²) in [6, 6.07) is 14.0. The lowest BCUT2D eigenvalue weighted by Crippen LogP contribution is -2.19. The first-order chi connectivity index (χ1) is 19.1. The molecule has 2 N–H and O–H groups in total. The molecule has 1 amide bonds. The molecule has 39 heavy (non-hydrogen) atoms. The van der Waals surface area contributed by atoms with E-state index in [1.54, 1.807) is 6.26 Å². The van der Waals surface area contributed by atoms with E-state index in [1.807, 2.05) is 36.5 Å². The first-order valence-electron chi connectivity index (χ1n) is 13.3. The number of nitrogens with one attached hydrogen (secondary N) is 2. The molecule has 0 atom stereocenters. The maximum Gasteiger partial charge on any atom is 0.254 e. The van der Waals surface area contributed by atoms with Gasteiger partial charge in [0.25, 0.3) is 5.91 Å². The molecule has 0 bridgehead atoms. The Balaban J connectivity index is 1.28. The maximum absolute atomic E-state index is 13.1. The van der Waals surface area contributed by atoms with E-state index in [0.717, 1.165) is 83.4 Å². The van der Waals surface area contributed by atoms with Crippen LogP contribution in [0.15, 0.2) is 59.3 Å². The van der Waals surface area contributed by atoms with Crippen LogP contribution in [0.25, 0.3) is 28.0 Å². The fraction of sp³-hybridized carbons (Fsp3) is 0.300. The normalized spacial score (nSPS) is 15.8. The minimum atomic E-state index is -0.0935. The quantitative estimate of drug-likeness (QED) is 0.321. The van der Waals surface area contributed by atoms with Crippen molar-refractivity contribution in [1.82, 2.24) is 24.6 Å². The van der Waals surface area contributed by atoms with Gasteiger partial charge in [-0.05, 0) is 68.2 Å². The number of pyridine rings is 2. The molecule has 1 saturated heterocycles. The molecule has 9 heteroatoms. The standard InChI is InChI=1S/C30H30N6O3/c1-35(2)17-23-19(18-9-12-38-13-10-18)4-7-27(34-23)33-22-5-3-20(21-15-32-30(37)29(21)22)25-16-31-28-8-6-26-24(36(25)28)11-14-39-26/h3-8,11,14,16,18H,9-10,12-13,15,17H2,1-2H3,(H,32,37)(H,33,34). The number of imidazole rings is 1. The van der Waals surface area contributed by atoms with E-state index < -0.39 is 0 Å². The number of carbonyl (C=O) groups excluding carboxylic acids is 1. The van der Waals surface area contributed by atoms with Gasteiger partial charge in [-0.15, -0.1) is 0 Å². The molecule has 5 aromatic rings. The van der Waals surface area contributed by atoms with Crippen LogP contribution in [0.1, 0.15) is 45.9 Å². The number of nitrogens with zero attached hydrogens (tertiary/aromatic N) is 4. The Kier molecular flexibility index (Phi) is 5.82. The lowest BCUT2D eigenvalue weighted by molar-refractivity contribution is 0.0849. The largest absolute Gasteiger partial charge is 0.463 e. The van der Waals surface area contributed by atoms with E-state index in [-0.39, 0.29) is 5.91 Å². The van der Waals surface area contributed by atoms with Crippen molar-refractivity contribution in [2.75, 3.05) is 32.6 Å². The Morgan fingerprint density at radius 2 is 1.97 bits per heavy atom. The smallest absolute Gasteiger partial charge is 0.254 e. The van der Waals surface area contributed by atoms with E-state index in [4.69, 9.17) is 14.1 Å². The van der Waals surface area contributed by atoms with Crippen LogP contribution < -0.4 is 10.6 Å². The van der Waals surface area contributed by atoms with Gasteiger partial charge >= 0.3 is 0 Å². The van der Waals surface area contributed by atoms with Crippen LogP contribution in [0.3, 0.4) is 0 Å². The fourth-order valence-corrected chi connectivity index (χ4v) is 5.92. The molecular formula is C30H30N6O3. The third-order valence-electron chi connectivity index (χ3n) is 7.73. The number of hydrogen-bond donors (Lipinski definition) is 2. The third-order valence-corrected chi connectivity index (χ3v) is 7.73. The lowest BCUT2D eigenvalue weighted by atomic mass is 9.90. The zero-order valence-corrected chi connectivity index (χ0v) is 22.0. The average molecular weight is 523 g/mol. The molecule has 0 saturated carbocycles. The second-order valence-corrected chi connectivity index (χ2v) is 10.5. The number of furan rings is 1. The highest BCUT2D eigenvalue weighted by atomic mass is 16.5. The summed E-state index contributed by atoms with van der Waals surface area (Å²) in [5, 5.41) is 6.48. The molecule has 7 rings (SSSR count). The van der Waals surface area contributed by atoms with E-state index >= 15 is 0 Å². The number of anilines is 2. The average Bonchev–Trinajstić information content (AvgIpc) is 3.68. The van der Waals surface area contributed by atoms with Gasteiger partial charge < -0.3 is 24.7 Å². The monoisotopic (exact) mass is 522 g/mol. The highest BCUT2D eigenvalue weighted by molar-refractivity contribution is 6.06. The predicted octanol–water partition coefficient (Wildman–Crippen LogP) is 5.09. The Bertz CT molecular complexity index is 1710. The molecule has 1 aromatic carbocycles. The van der Waals surface area contributed by atoms with Crippen molar-refractivity contribution in [3.63, 3.8) is 0 Å². The highest BCUT2D eigenvalue weighted by Gasteiger charge is 2.28. The summed E-state index contributed by atoms with van der Waals surface area (Å²) < 4.78 is 13.3. The van der Waals surface area contributed by atoms with Gasteiger partial charge in [-0.25, -0.2) is 9.97 Å². The summed E-state index contributed by atoms with van der Waals surface area (Å²) in [5.41, 5.74) is 9.12. The van der Waals surface area contributed by atoms with Crippen molar-refractivity contribution in [3.05, 3.63) is 77.3 Å². The van der Waals surface area contributed by atoms with Crippen LogP contribution in [0.5, 0.6) is 0 Å². The summed E-state index contributed by atoms with van der Waals surface area (Å²) in [6.45, 7) is 2.78. The Labute approximate surface area is 225 Å². The molecule has 1 fully saturated rings. The Hall–Kier alpha value is -4.21. The summed E-state index contributed by atoms with van der Waals surface area (Å²) in [4.78, 5) is 24.9. The van der Waals surface area contributed by atoms with E-state index in [0.29, 0.717) is 18.0 Å². The number of carbonyl (C=O) groups is 1. The van der Waals surface area contributed by atoms with Crippen LogP contribution >= 0.6 is 0 Å². The van der Waals surface area contributed by atoms with Gasteiger partial charge in [0.1, 0.15) is 11.5 Å². The molecule has 0 spiro atoms. The number of rotatable bonds is 6. The zero-order chi connectivity index (χ0) is 26.5. The third kappa shape index (κ3) is 4.14. The van der Waals surface area contributed by atoms with Crippen LogP contribution in [-0.2, 0) is 17.8 Å². The highest BCUT2D eigenvalue weighted by Crippen LogP contribution is 2.37. The van der Waals surface area contributed by atoms with Gasteiger partial charge in [0.05, 0.1) is 40.6 Å². The molecular weight excluding hydrogens is 492 g/mol. The van der Waals surface area contributed by atoms with Crippen LogP contribution in [0.4, 0.5) is 11.5 Å². The lowest BCUT2D eigenvalue weighted by Gasteiger charge is -2.25. The molecule has 0 aliphatic carbocycles. The summed E-state index contributed by atoms with van der Waals surface area (Å²) in [5.74, 6) is 1.09. The number of hydrogen-bond acceptors (Lipinski definition) is 7. The summed E-state index contributed by atoms with van der Waals surface area (Å²) in [7, 11) is 4.12. The van der Waals surface area contributed by atoms with Crippen molar-refractivity contribution in [1.29, 1.82) is 0 Å². The van der Waals surface area contributed by atoms with Gasteiger partial charge in [0.2, 0.25) is 0 Å². The minimum absolute atomic E-state index is 0.0935. The molecule has 6 heterocycles. The second-order valence-electron chi connectivity index (χ2n) is 10.5. The summed E-state index contributed by atoms with van der Waals surface area (Å²) >= 11 is 0. The topological polar surface area (TPSA) is 96.9 Å². The van der Waals surface area contributed by atoms with Crippen molar-refractivity contribution in [2.24, 2.45) is 0 Å². The fourth-order valence-electron chi connectivity index (χ4n) is 5.92. The predicted molar refractivity (Wildman–Crippen MR) is 149 cm³/mol. The van der Waals surface area contributed by atoms with Gasteiger partial charge in [-0.3, -0.25) is 9.20 Å². The van der Waals surface area contributed by atoms with Crippen molar-refractivity contribution >= 4 is 34.2 Å². The first kappa shape index (κ1) is 23.9. The number of ether oxygens (including phenoxy) is 1. The molecule has 0 unspecified atom stereocenters. The van der Waals surface area contributed by atoms with Crippen LogP contribution in [-0.4, -0.2) is 52.5 Å². The Morgan fingerprint density at radius 1 is 1.10 bits per heavy atom. The first-order valence-corrected chi connectivity index (χ1v) is 13.3. The van der Waals surface area contributed by atoms with Crippen LogP contribution in [0, 0.1) is 0 Å². The molecule has 2 aliphatic heterocycles. The summed E-state index contributed by atoms with van der Waals surface area (Å²) in [6.07, 6.45) is 5.57. The van der Waals surface area contributed by atoms with Gasteiger partial charge in [-0.2, -0.15) is 0 Å². The number of benzene rings is 1. The van der Waals surface area contributed by atoms with Gasteiger partial charge in [0.15, 0.2) is 5.58 Å². The van der Waals surface area contributed by atoms with Gasteiger partial charge in [-0.1, -0.05) is 12.1 Å². The SMILES string of the molecule is CN(C)Cc1nc(Nc2ccc(-c3cnc4ccc5occc5n34)c3c2C(=O)NC3)ccc1C1CCOCC1. The van der Waals surface area contributed by atoms with E-state index in [2.05, 4.69) is 51.1 Å². The molecule has 2 aliphatic rings. The maximum atomic E-state index is 13.1. The van der Waals surface area contributed by atoms with Crippen LogP contribution in [0.2, 0.25) is 0 Å². The minimum Gasteiger partial charge on any atom is -0.463 e. The Morgan fingerprint density at radius 3 is 2.82 bits per heavy atom. The van der Waals surface area contributed by atoms with Gasteiger partial charge in [0, 0.05) is 37.9 Å². The van der Waals surface area contributed by atoms with E-state index in [9.17, 15) is 4.79 Å². The molecule has 9 nitrogen and oxygen atoms in total. The molecule has 0 radical (unpaired) electrons. The van der Waals surface area contributed by atoms with E-state index in [1.165, 1.54) is 5.56 Å². The second kappa shape index (κ2) is 9.52. The molecule has 198 valence electrons. The number of amides is 1.